The van der Waals surface area contributed by atoms with Gasteiger partial charge in [0, 0.05) is 18.7 Å². The number of rotatable bonds is 5. The lowest BCUT2D eigenvalue weighted by Crippen LogP contribution is -2.37. The van der Waals surface area contributed by atoms with E-state index in [9.17, 15) is 27.6 Å². The van der Waals surface area contributed by atoms with Gasteiger partial charge in [-0.25, -0.2) is 9.59 Å². The normalized spacial score (nSPS) is 12.2. The minimum absolute atomic E-state index is 0.0696. The molecular formula is C11H12F3NO5. The SMILES string of the molecule is COC(=O)/C=C(/C=C/C(=O)OC)CNC(=O)C(F)(F)F. The molecule has 0 rings (SSSR count). The molecule has 9 heteroatoms. The third kappa shape index (κ3) is 7.19. The summed E-state index contributed by atoms with van der Waals surface area (Å²) in [7, 11) is 2.16. The third-order valence-electron chi connectivity index (χ3n) is 1.85. The molecule has 0 aromatic heterocycles. The lowest BCUT2D eigenvalue weighted by atomic mass is 10.2. The summed E-state index contributed by atoms with van der Waals surface area (Å²) in [6, 6.07) is 0. The molecule has 0 heterocycles. The molecule has 0 radical (unpaired) electrons. The lowest BCUT2D eigenvalue weighted by molar-refractivity contribution is -0.173. The van der Waals surface area contributed by atoms with Crippen LogP contribution in [0.15, 0.2) is 23.8 Å². The van der Waals surface area contributed by atoms with E-state index in [1.807, 2.05) is 0 Å². The maximum absolute atomic E-state index is 12.0. The van der Waals surface area contributed by atoms with Crippen LogP contribution in [0.2, 0.25) is 0 Å². The van der Waals surface area contributed by atoms with Crippen molar-refractivity contribution in [1.29, 1.82) is 0 Å². The van der Waals surface area contributed by atoms with Gasteiger partial charge in [0.05, 0.1) is 14.2 Å². The van der Waals surface area contributed by atoms with Crippen molar-refractivity contribution in [3.8, 4) is 0 Å². The Kier molecular flexibility index (Phi) is 7.05. The predicted molar refractivity (Wildman–Crippen MR) is 60.3 cm³/mol. The zero-order valence-electron chi connectivity index (χ0n) is 10.6. The van der Waals surface area contributed by atoms with Crippen LogP contribution in [0.5, 0.6) is 0 Å². The number of halogens is 3. The third-order valence-corrected chi connectivity index (χ3v) is 1.85. The van der Waals surface area contributed by atoms with Gasteiger partial charge in [-0.3, -0.25) is 4.79 Å². The largest absolute Gasteiger partial charge is 0.471 e. The van der Waals surface area contributed by atoms with Crippen molar-refractivity contribution in [3.05, 3.63) is 23.8 Å². The summed E-state index contributed by atoms with van der Waals surface area (Å²) in [6.07, 6.45) is -2.30. The van der Waals surface area contributed by atoms with E-state index in [2.05, 4.69) is 9.47 Å². The van der Waals surface area contributed by atoms with Crippen LogP contribution in [0.1, 0.15) is 0 Å². The summed E-state index contributed by atoms with van der Waals surface area (Å²) in [5.41, 5.74) is -0.0696. The van der Waals surface area contributed by atoms with Gasteiger partial charge in [-0.15, -0.1) is 0 Å². The van der Waals surface area contributed by atoms with E-state index in [4.69, 9.17) is 0 Å². The molecule has 0 aromatic rings. The van der Waals surface area contributed by atoms with Crippen LogP contribution in [0.3, 0.4) is 0 Å². The number of hydrogen-bond acceptors (Lipinski definition) is 5. The van der Waals surface area contributed by atoms with E-state index in [1.165, 1.54) is 0 Å². The molecule has 1 N–H and O–H groups in total. The van der Waals surface area contributed by atoms with Gasteiger partial charge in [0.1, 0.15) is 0 Å². The molecule has 0 aliphatic carbocycles. The first-order valence-electron chi connectivity index (χ1n) is 5.10. The molecule has 0 fully saturated rings. The van der Waals surface area contributed by atoms with Gasteiger partial charge in [-0.2, -0.15) is 13.2 Å². The van der Waals surface area contributed by atoms with Crippen LogP contribution in [-0.4, -0.2) is 44.8 Å². The van der Waals surface area contributed by atoms with Gasteiger partial charge in [-0.1, -0.05) is 0 Å². The standard InChI is InChI=1S/C11H12F3NO5/c1-19-8(16)4-3-7(5-9(17)20-2)6-15-10(18)11(12,13)14/h3-5H,6H2,1-2H3,(H,15,18)/b4-3+,7-5-. The highest BCUT2D eigenvalue weighted by atomic mass is 19.4. The highest BCUT2D eigenvalue weighted by molar-refractivity contribution is 5.86. The van der Waals surface area contributed by atoms with E-state index < -0.39 is 30.6 Å². The summed E-state index contributed by atoms with van der Waals surface area (Å²) in [5, 5.41) is 1.55. The number of ether oxygens (including phenoxy) is 2. The predicted octanol–water partition coefficient (Wildman–Crippen LogP) is 0.493. The maximum atomic E-state index is 12.0. The molecule has 0 unspecified atom stereocenters. The summed E-state index contributed by atoms with van der Waals surface area (Å²) < 4.78 is 44.5. The second kappa shape index (κ2) is 7.97. The molecule has 20 heavy (non-hydrogen) atoms. The first-order valence-corrected chi connectivity index (χ1v) is 5.10. The number of hydrogen-bond donors (Lipinski definition) is 1. The molecule has 0 aliphatic rings. The van der Waals surface area contributed by atoms with Gasteiger partial charge >= 0.3 is 24.0 Å². The van der Waals surface area contributed by atoms with Crippen molar-refractivity contribution >= 4 is 17.8 Å². The second-order valence-corrected chi connectivity index (χ2v) is 3.28. The number of esters is 2. The maximum Gasteiger partial charge on any atom is 0.471 e. The molecule has 0 aliphatic heterocycles. The van der Waals surface area contributed by atoms with Crippen LogP contribution in [-0.2, 0) is 23.9 Å². The van der Waals surface area contributed by atoms with Crippen LogP contribution in [0, 0.1) is 0 Å². The number of carbonyl (C=O) groups is 3. The van der Waals surface area contributed by atoms with Gasteiger partial charge in [0.2, 0.25) is 0 Å². The van der Waals surface area contributed by atoms with Crippen molar-refractivity contribution in [1.82, 2.24) is 5.32 Å². The van der Waals surface area contributed by atoms with Gasteiger partial charge in [0.25, 0.3) is 0 Å². The molecule has 0 bridgehead atoms. The molecule has 0 atom stereocenters. The molecular weight excluding hydrogens is 283 g/mol. The second-order valence-electron chi connectivity index (χ2n) is 3.28. The Labute approximate surface area is 112 Å². The Balaban J connectivity index is 4.84. The Bertz CT molecular complexity index is 440. The van der Waals surface area contributed by atoms with E-state index in [1.54, 1.807) is 5.32 Å². The van der Waals surface area contributed by atoms with Crippen LogP contribution >= 0.6 is 0 Å². The number of carbonyl (C=O) groups excluding carboxylic acids is 3. The smallest absolute Gasteiger partial charge is 0.466 e. The molecule has 0 aromatic carbocycles. The monoisotopic (exact) mass is 295 g/mol. The molecule has 0 saturated carbocycles. The zero-order chi connectivity index (χ0) is 15.8. The fraction of sp³-hybridized carbons (Fsp3) is 0.364. The van der Waals surface area contributed by atoms with E-state index in [-0.39, 0.29) is 5.57 Å². The average molecular weight is 295 g/mol. The molecule has 0 saturated heterocycles. The number of amides is 1. The number of methoxy groups -OCH3 is 2. The Hall–Kier alpha value is -2.32. The summed E-state index contributed by atoms with van der Waals surface area (Å²) >= 11 is 0. The number of nitrogens with one attached hydrogen (secondary N) is 1. The van der Waals surface area contributed by atoms with Crippen molar-refractivity contribution in [2.24, 2.45) is 0 Å². The Morgan fingerprint density at radius 1 is 1.05 bits per heavy atom. The van der Waals surface area contributed by atoms with Crippen molar-refractivity contribution in [2.45, 2.75) is 6.18 Å². The van der Waals surface area contributed by atoms with Gasteiger partial charge in [0.15, 0.2) is 0 Å². The van der Waals surface area contributed by atoms with E-state index >= 15 is 0 Å². The van der Waals surface area contributed by atoms with Crippen molar-refractivity contribution < 1.29 is 37.0 Å². The highest BCUT2D eigenvalue weighted by Gasteiger charge is 2.38. The zero-order valence-corrected chi connectivity index (χ0v) is 10.6. The summed E-state index contributed by atoms with van der Waals surface area (Å²) in [6.45, 7) is -0.610. The van der Waals surface area contributed by atoms with Crippen LogP contribution < -0.4 is 5.32 Å². The first-order chi connectivity index (χ1) is 9.20. The van der Waals surface area contributed by atoms with E-state index in [0.717, 1.165) is 32.4 Å². The van der Waals surface area contributed by atoms with Crippen LogP contribution in [0.25, 0.3) is 0 Å². The summed E-state index contributed by atoms with van der Waals surface area (Å²) in [4.78, 5) is 32.5. The average Bonchev–Trinajstić information content (AvgIpc) is 2.39. The van der Waals surface area contributed by atoms with Crippen molar-refractivity contribution in [2.75, 3.05) is 20.8 Å². The van der Waals surface area contributed by atoms with Crippen LogP contribution in [0.4, 0.5) is 13.2 Å². The van der Waals surface area contributed by atoms with Gasteiger partial charge < -0.3 is 14.8 Å². The fourth-order valence-corrected chi connectivity index (χ4v) is 0.894. The minimum Gasteiger partial charge on any atom is -0.466 e. The fourth-order valence-electron chi connectivity index (χ4n) is 0.894. The van der Waals surface area contributed by atoms with Crippen molar-refractivity contribution in [3.63, 3.8) is 0 Å². The summed E-state index contributed by atoms with van der Waals surface area (Å²) in [5.74, 6) is -3.79. The minimum atomic E-state index is -5.04. The number of alkyl halides is 3. The molecule has 0 spiro atoms. The quantitative estimate of drug-likeness (QED) is 0.453. The lowest BCUT2D eigenvalue weighted by Gasteiger charge is -2.08. The topological polar surface area (TPSA) is 81.7 Å². The Morgan fingerprint density at radius 2 is 1.60 bits per heavy atom. The Morgan fingerprint density at radius 3 is 2.05 bits per heavy atom. The molecule has 6 nitrogen and oxygen atoms in total. The molecule has 112 valence electrons. The van der Waals surface area contributed by atoms with E-state index in [0.29, 0.717) is 0 Å². The molecule has 1 amide bonds. The first kappa shape index (κ1) is 17.7. The highest BCUT2D eigenvalue weighted by Crippen LogP contribution is 2.14. The van der Waals surface area contributed by atoms with Gasteiger partial charge in [-0.05, 0) is 11.6 Å².